The van der Waals surface area contributed by atoms with Crippen molar-refractivity contribution in [1.29, 1.82) is 0 Å². The second-order valence-electron chi connectivity index (χ2n) is 6.32. The van der Waals surface area contributed by atoms with E-state index in [0.29, 0.717) is 25.3 Å². The minimum absolute atomic E-state index is 0.0411. The van der Waals surface area contributed by atoms with Gasteiger partial charge in [0, 0.05) is 32.4 Å². The molecule has 0 heterocycles. The van der Waals surface area contributed by atoms with Crippen molar-refractivity contribution >= 4 is 16.0 Å². The predicted molar refractivity (Wildman–Crippen MR) is 104 cm³/mol. The summed E-state index contributed by atoms with van der Waals surface area (Å²) in [6.45, 7) is 3.45. The van der Waals surface area contributed by atoms with E-state index in [-0.39, 0.29) is 11.7 Å². The number of nitrogens with zero attached hydrogens (tertiary/aromatic N) is 1. The Bertz CT molecular complexity index is 862. The summed E-state index contributed by atoms with van der Waals surface area (Å²) in [5, 5.41) is 0. The van der Waals surface area contributed by atoms with E-state index in [9.17, 15) is 13.2 Å². The first-order valence-corrected chi connectivity index (χ1v) is 10.4. The minimum atomic E-state index is -3.56. The molecule has 6 nitrogen and oxygen atoms in total. The van der Waals surface area contributed by atoms with E-state index in [1.165, 1.54) is 0 Å². The first-order chi connectivity index (χ1) is 12.8. The van der Waals surface area contributed by atoms with Gasteiger partial charge in [-0.15, -0.1) is 0 Å². The minimum Gasteiger partial charge on any atom is -0.385 e. The van der Waals surface area contributed by atoms with Crippen LogP contribution in [0.25, 0.3) is 0 Å². The Morgan fingerprint density at radius 2 is 1.74 bits per heavy atom. The molecule has 0 N–H and O–H groups in total. The topological polar surface area (TPSA) is 72.9 Å². The van der Waals surface area contributed by atoms with Crippen LogP contribution in [0.5, 0.6) is 5.75 Å². The molecule has 0 radical (unpaired) electrons. The maximum atomic E-state index is 13.0. The first kappa shape index (κ1) is 20.9. The molecular weight excluding hydrogens is 366 g/mol. The van der Waals surface area contributed by atoms with Crippen molar-refractivity contribution in [2.45, 2.75) is 19.9 Å². The highest BCUT2D eigenvalue weighted by atomic mass is 32.2. The van der Waals surface area contributed by atoms with Gasteiger partial charge in [-0.2, -0.15) is 8.42 Å². The van der Waals surface area contributed by atoms with Crippen molar-refractivity contribution < 1.29 is 22.1 Å². The number of carbonyl (C=O) groups is 1. The highest BCUT2D eigenvalue weighted by molar-refractivity contribution is 7.86. The number of hydrogen-bond acceptors (Lipinski definition) is 5. The van der Waals surface area contributed by atoms with Gasteiger partial charge in [-0.05, 0) is 42.7 Å². The van der Waals surface area contributed by atoms with E-state index in [4.69, 9.17) is 8.92 Å². The number of ether oxygens (including phenoxy) is 1. The van der Waals surface area contributed by atoms with E-state index >= 15 is 0 Å². The Labute approximate surface area is 160 Å². The lowest BCUT2D eigenvalue weighted by Crippen LogP contribution is -2.32. The fourth-order valence-electron chi connectivity index (χ4n) is 2.68. The summed E-state index contributed by atoms with van der Waals surface area (Å²) in [4.78, 5) is 14.8. The Morgan fingerprint density at radius 1 is 1.07 bits per heavy atom. The second kappa shape index (κ2) is 9.53. The van der Waals surface area contributed by atoms with Crippen molar-refractivity contribution in [2.75, 3.05) is 26.5 Å². The molecule has 0 spiro atoms. The molecule has 0 fully saturated rings. The maximum absolute atomic E-state index is 13.0. The summed E-state index contributed by atoms with van der Waals surface area (Å²) in [5.41, 5.74) is 2.48. The zero-order chi connectivity index (χ0) is 19.9. The molecule has 2 rings (SSSR count). The molecule has 0 atom stereocenters. The van der Waals surface area contributed by atoms with Crippen LogP contribution in [-0.4, -0.2) is 45.7 Å². The predicted octanol–water partition coefficient (Wildman–Crippen LogP) is 3.01. The lowest BCUT2D eigenvalue weighted by atomic mass is 10.1. The fourth-order valence-corrected chi connectivity index (χ4v) is 3.14. The van der Waals surface area contributed by atoms with E-state index in [2.05, 4.69) is 0 Å². The van der Waals surface area contributed by atoms with Gasteiger partial charge in [0.25, 0.3) is 5.91 Å². The molecule has 0 aliphatic carbocycles. The van der Waals surface area contributed by atoms with Gasteiger partial charge in [-0.25, -0.2) is 0 Å². The normalized spacial score (nSPS) is 11.2. The van der Waals surface area contributed by atoms with E-state index in [1.807, 2.05) is 31.2 Å². The fraction of sp³-hybridized carbons (Fsp3) is 0.350. The Hall–Kier alpha value is -2.38. The van der Waals surface area contributed by atoms with Crippen LogP contribution < -0.4 is 4.18 Å². The standard InChI is InChI=1S/C20H25NO5S/c1-16-7-4-5-8-19(16)20(22)21(13-6-14-25-2)15-17-9-11-18(12-10-17)26-27(3,23)24/h4-5,7-12H,6,13-15H2,1-3H3. The molecule has 0 aromatic heterocycles. The molecule has 0 bridgehead atoms. The molecule has 2 aromatic rings. The SMILES string of the molecule is COCCCN(Cc1ccc(OS(C)(=O)=O)cc1)C(=O)c1ccccc1C. The molecule has 0 saturated carbocycles. The molecule has 0 saturated heterocycles. The summed E-state index contributed by atoms with van der Waals surface area (Å²) < 4.78 is 32.4. The summed E-state index contributed by atoms with van der Waals surface area (Å²) >= 11 is 0. The zero-order valence-electron chi connectivity index (χ0n) is 15.8. The number of methoxy groups -OCH3 is 1. The molecule has 0 aliphatic rings. The van der Waals surface area contributed by atoms with Gasteiger partial charge in [-0.3, -0.25) is 4.79 Å². The molecular formula is C20H25NO5S. The van der Waals surface area contributed by atoms with Gasteiger partial charge in [-0.1, -0.05) is 30.3 Å². The van der Waals surface area contributed by atoms with Crippen LogP contribution in [0.3, 0.4) is 0 Å². The number of carbonyl (C=O) groups excluding carboxylic acids is 1. The quantitative estimate of drug-likeness (QED) is 0.485. The Kier molecular flexibility index (Phi) is 7.38. The summed E-state index contributed by atoms with van der Waals surface area (Å²) in [5.74, 6) is 0.207. The third-order valence-electron chi connectivity index (χ3n) is 3.98. The molecule has 27 heavy (non-hydrogen) atoms. The Morgan fingerprint density at radius 3 is 2.33 bits per heavy atom. The van der Waals surface area contributed by atoms with Crippen molar-refractivity contribution in [2.24, 2.45) is 0 Å². The maximum Gasteiger partial charge on any atom is 0.306 e. The number of amides is 1. The van der Waals surface area contributed by atoms with Crippen molar-refractivity contribution in [3.8, 4) is 5.75 Å². The summed E-state index contributed by atoms with van der Waals surface area (Å²) in [6, 6.07) is 14.2. The van der Waals surface area contributed by atoms with Crippen LogP contribution in [0.2, 0.25) is 0 Å². The molecule has 146 valence electrons. The largest absolute Gasteiger partial charge is 0.385 e. The van der Waals surface area contributed by atoms with Gasteiger partial charge < -0.3 is 13.8 Å². The van der Waals surface area contributed by atoms with Gasteiger partial charge in [0.15, 0.2) is 0 Å². The van der Waals surface area contributed by atoms with Crippen LogP contribution in [0.4, 0.5) is 0 Å². The lowest BCUT2D eigenvalue weighted by Gasteiger charge is -2.24. The van der Waals surface area contributed by atoms with Crippen LogP contribution in [-0.2, 0) is 21.4 Å². The van der Waals surface area contributed by atoms with Crippen molar-refractivity contribution in [3.05, 3.63) is 65.2 Å². The number of benzene rings is 2. The lowest BCUT2D eigenvalue weighted by molar-refractivity contribution is 0.0723. The van der Waals surface area contributed by atoms with Crippen molar-refractivity contribution in [3.63, 3.8) is 0 Å². The van der Waals surface area contributed by atoms with E-state index < -0.39 is 10.1 Å². The highest BCUT2D eigenvalue weighted by Crippen LogP contribution is 2.18. The van der Waals surface area contributed by atoms with Gasteiger partial charge >= 0.3 is 10.1 Å². The van der Waals surface area contributed by atoms with Gasteiger partial charge in [0.05, 0.1) is 6.26 Å². The monoisotopic (exact) mass is 391 g/mol. The number of aryl methyl sites for hydroxylation is 1. The third kappa shape index (κ3) is 6.69. The van der Waals surface area contributed by atoms with Crippen LogP contribution in [0.1, 0.15) is 27.9 Å². The smallest absolute Gasteiger partial charge is 0.306 e. The van der Waals surface area contributed by atoms with E-state index in [1.54, 1.807) is 36.3 Å². The second-order valence-corrected chi connectivity index (χ2v) is 7.89. The molecule has 0 unspecified atom stereocenters. The average Bonchev–Trinajstić information content (AvgIpc) is 2.61. The third-order valence-corrected chi connectivity index (χ3v) is 4.48. The number of hydrogen-bond donors (Lipinski definition) is 0. The van der Waals surface area contributed by atoms with Crippen LogP contribution >= 0.6 is 0 Å². The zero-order valence-corrected chi connectivity index (χ0v) is 16.7. The molecule has 2 aromatic carbocycles. The Balaban J connectivity index is 2.16. The summed E-state index contributed by atoms with van der Waals surface area (Å²) in [6.07, 6.45) is 1.72. The first-order valence-electron chi connectivity index (χ1n) is 8.62. The van der Waals surface area contributed by atoms with Gasteiger partial charge in [0.2, 0.25) is 0 Å². The van der Waals surface area contributed by atoms with Crippen molar-refractivity contribution in [1.82, 2.24) is 4.90 Å². The highest BCUT2D eigenvalue weighted by Gasteiger charge is 2.17. The molecule has 0 aliphatic heterocycles. The number of rotatable bonds is 9. The van der Waals surface area contributed by atoms with E-state index in [0.717, 1.165) is 23.8 Å². The van der Waals surface area contributed by atoms with Crippen LogP contribution in [0.15, 0.2) is 48.5 Å². The molecule has 1 amide bonds. The van der Waals surface area contributed by atoms with Crippen LogP contribution in [0, 0.1) is 6.92 Å². The summed E-state index contributed by atoms with van der Waals surface area (Å²) in [7, 11) is -1.93. The molecule has 7 heteroatoms. The average molecular weight is 391 g/mol. The van der Waals surface area contributed by atoms with Gasteiger partial charge in [0.1, 0.15) is 5.75 Å².